The molecule has 0 spiro atoms. The van der Waals surface area contributed by atoms with Gasteiger partial charge >= 0.3 is 0 Å². The number of hydrogen-bond acceptors (Lipinski definition) is 7. The topological polar surface area (TPSA) is 175 Å². The summed E-state index contributed by atoms with van der Waals surface area (Å²) in [6.45, 7) is 8.84. The van der Waals surface area contributed by atoms with E-state index in [1.807, 2.05) is 12.1 Å². The highest BCUT2D eigenvalue weighted by atomic mass is 16.7. The van der Waals surface area contributed by atoms with Gasteiger partial charge in [-0.25, -0.2) is 15.1 Å². The van der Waals surface area contributed by atoms with Gasteiger partial charge in [-0.15, -0.1) is 0 Å². The van der Waals surface area contributed by atoms with Gasteiger partial charge in [0.05, 0.1) is 0 Å². The van der Waals surface area contributed by atoms with E-state index in [-0.39, 0.29) is 35.5 Å². The van der Waals surface area contributed by atoms with Crippen LogP contribution in [0, 0.1) is 16.0 Å². The number of benzene rings is 1. The summed E-state index contributed by atoms with van der Waals surface area (Å²) in [7, 11) is 0. The highest BCUT2D eigenvalue weighted by Gasteiger charge is 2.38. The minimum atomic E-state index is -0.803. The normalized spacial score (nSPS) is 21.7. The summed E-state index contributed by atoms with van der Waals surface area (Å²) in [5.41, 5.74) is 8.22. The summed E-state index contributed by atoms with van der Waals surface area (Å²) in [6, 6.07) is 6.74. The number of nitrogens with two attached hydrogens (primary N) is 1. The number of hydrazine groups is 1. The molecule has 12 nitrogen and oxygen atoms in total. The van der Waals surface area contributed by atoms with Gasteiger partial charge in [-0.05, 0) is 54.8 Å². The van der Waals surface area contributed by atoms with Crippen LogP contribution in [0.4, 0.5) is 0 Å². The largest absolute Gasteiger partial charge is 0.508 e. The van der Waals surface area contributed by atoms with E-state index < -0.39 is 11.1 Å². The van der Waals surface area contributed by atoms with Gasteiger partial charge in [0.2, 0.25) is 11.8 Å². The second kappa shape index (κ2) is 12.9. The van der Waals surface area contributed by atoms with E-state index >= 15 is 0 Å². The molecule has 3 unspecified atom stereocenters. The molecule has 35 heavy (non-hydrogen) atoms. The minimum absolute atomic E-state index is 0.0317. The summed E-state index contributed by atoms with van der Waals surface area (Å²) in [4.78, 5) is 40.6. The van der Waals surface area contributed by atoms with Gasteiger partial charge in [0.15, 0.2) is 5.03 Å². The lowest BCUT2D eigenvalue weighted by Gasteiger charge is -2.45. The molecule has 2 amide bonds. The van der Waals surface area contributed by atoms with Crippen LogP contribution in [0.3, 0.4) is 0 Å². The molecule has 1 aromatic carbocycles. The van der Waals surface area contributed by atoms with Gasteiger partial charge in [-0.2, -0.15) is 0 Å². The van der Waals surface area contributed by atoms with E-state index in [0.717, 1.165) is 25.1 Å². The maximum absolute atomic E-state index is 12.6. The first-order valence-electron chi connectivity index (χ1n) is 11.8. The Labute approximate surface area is 205 Å². The Morgan fingerprint density at radius 2 is 2.17 bits per heavy atom. The van der Waals surface area contributed by atoms with Gasteiger partial charge in [-0.1, -0.05) is 31.4 Å². The Balaban J connectivity index is 1.81. The highest BCUT2D eigenvalue weighted by Crippen LogP contribution is 2.40. The number of piperidine rings is 1. The maximum Gasteiger partial charge on any atom is 0.251 e. The Bertz CT molecular complexity index is 925. The van der Waals surface area contributed by atoms with Crippen molar-refractivity contribution in [2.75, 3.05) is 32.7 Å². The summed E-state index contributed by atoms with van der Waals surface area (Å²) in [5.74, 6) is -0.280. The molecule has 1 aromatic rings. The van der Waals surface area contributed by atoms with E-state index in [0.29, 0.717) is 31.8 Å². The minimum Gasteiger partial charge on any atom is -0.508 e. The third kappa shape index (κ3) is 8.71. The van der Waals surface area contributed by atoms with Crippen molar-refractivity contribution in [1.29, 1.82) is 0 Å². The number of phenols is 1. The van der Waals surface area contributed by atoms with E-state index in [9.17, 15) is 24.8 Å². The van der Waals surface area contributed by atoms with Crippen molar-refractivity contribution in [3.05, 3.63) is 39.9 Å². The van der Waals surface area contributed by atoms with Crippen LogP contribution in [0.1, 0.15) is 45.6 Å². The molecule has 1 saturated heterocycles. The van der Waals surface area contributed by atoms with Crippen LogP contribution in [0.2, 0.25) is 0 Å². The molecule has 3 atom stereocenters. The number of nitrogens with one attached hydrogen (secondary N) is 3. The number of phenolic OH excluding ortho intramolecular Hbond substituents is 1. The number of amides is 2. The highest BCUT2D eigenvalue weighted by molar-refractivity contribution is 5.86. The number of guanidine groups is 1. The first-order chi connectivity index (χ1) is 16.5. The van der Waals surface area contributed by atoms with Gasteiger partial charge in [0.1, 0.15) is 11.8 Å². The van der Waals surface area contributed by atoms with Crippen LogP contribution in [-0.4, -0.2) is 71.6 Å². The zero-order valence-electron chi connectivity index (χ0n) is 20.6. The predicted molar refractivity (Wildman–Crippen MR) is 132 cm³/mol. The fourth-order valence-corrected chi connectivity index (χ4v) is 4.41. The molecule has 194 valence electrons. The second-order valence-electron chi connectivity index (χ2n) is 9.24. The third-order valence-electron chi connectivity index (χ3n) is 6.63. The number of hydrogen-bond donors (Lipinski definition) is 5. The number of aromatic hydroxyl groups is 1. The van der Waals surface area contributed by atoms with Crippen LogP contribution in [0.5, 0.6) is 5.75 Å². The molecule has 0 radical (unpaired) electrons. The monoisotopic (exact) mass is 491 g/mol. The lowest BCUT2D eigenvalue weighted by molar-refractivity contribution is -0.525. The zero-order chi connectivity index (χ0) is 26.0. The third-order valence-corrected chi connectivity index (χ3v) is 6.63. The molecule has 0 saturated carbocycles. The van der Waals surface area contributed by atoms with Crippen LogP contribution >= 0.6 is 0 Å². The Morgan fingerprint density at radius 1 is 1.43 bits per heavy atom. The van der Waals surface area contributed by atoms with E-state index in [4.69, 9.17) is 5.73 Å². The number of aliphatic imine (C=N–C) groups is 1. The number of nitro groups is 1. The van der Waals surface area contributed by atoms with Crippen LogP contribution in [-0.2, 0) is 15.0 Å². The average Bonchev–Trinajstić information content (AvgIpc) is 2.77. The first-order valence-corrected chi connectivity index (χ1v) is 11.8. The van der Waals surface area contributed by atoms with Crippen LogP contribution in [0.25, 0.3) is 0 Å². The number of likely N-dealkylation sites (tertiary alicyclic amines) is 1. The van der Waals surface area contributed by atoms with E-state index in [1.54, 1.807) is 11.5 Å². The maximum atomic E-state index is 12.6. The molecule has 0 aromatic heterocycles. The molecule has 1 fully saturated rings. The van der Waals surface area contributed by atoms with Crippen molar-refractivity contribution in [2.45, 2.75) is 51.5 Å². The van der Waals surface area contributed by atoms with Crippen molar-refractivity contribution in [1.82, 2.24) is 21.0 Å². The summed E-state index contributed by atoms with van der Waals surface area (Å²) in [6.07, 6.45) is 1.68. The van der Waals surface area contributed by atoms with Crippen molar-refractivity contribution in [2.24, 2.45) is 16.6 Å². The average molecular weight is 492 g/mol. The van der Waals surface area contributed by atoms with Crippen LogP contribution < -0.4 is 21.8 Å². The molecule has 12 heteroatoms. The molecular weight excluding hydrogens is 454 g/mol. The molecule has 1 aliphatic heterocycles. The van der Waals surface area contributed by atoms with Gasteiger partial charge in [0, 0.05) is 33.1 Å². The molecule has 0 aliphatic carbocycles. The van der Waals surface area contributed by atoms with Crippen molar-refractivity contribution < 1.29 is 19.7 Å². The van der Waals surface area contributed by atoms with Crippen molar-refractivity contribution in [3.63, 3.8) is 0 Å². The van der Waals surface area contributed by atoms with Gasteiger partial charge in [0.25, 0.3) is 5.96 Å². The molecule has 1 heterocycles. The number of nitrogens with zero attached hydrogens (tertiary/aromatic N) is 3. The van der Waals surface area contributed by atoms with Gasteiger partial charge in [-0.3, -0.25) is 9.59 Å². The molecule has 0 bridgehead atoms. The molecule has 2 rings (SSSR count). The lowest BCUT2D eigenvalue weighted by atomic mass is 9.68. The van der Waals surface area contributed by atoms with E-state index in [2.05, 4.69) is 40.4 Å². The molecule has 6 N–H and O–H groups in total. The fraction of sp³-hybridized carbons (Fsp3) is 0.609. The first kappa shape index (κ1) is 27.8. The Kier molecular flexibility index (Phi) is 10.2. The number of rotatable bonds is 11. The van der Waals surface area contributed by atoms with E-state index in [1.165, 1.54) is 6.92 Å². The summed E-state index contributed by atoms with van der Waals surface area (Å²) in [5, 5.41) is 24.9. The predicted octanol–water partition coefficient (Wildman–Crippen LogP) is 0.489. The molecule has 1 aliphatic rings. The summed E-state index contributed by atoms with van der Waals surface area (Å²) >= 11 is 0. The van der Waals surface area contributed by atoms with Gasteiger partial charge < -0.3 is 26.4 Å². The van der Waals surface area contributed by atoms with Crippen molar-refractivity contribution >= 4 is 17.8 Å². The quantitative estimate of drug-likeness (QED) is 0.0976. The Hall–Kier alpha value is -3.41. The zero-order valence-corrected chi connectivity index (χ0v) is 20.6. The standard InChI is InChI=1S/C23H37N7O5/c1-16-15-29(12-9-23(16,3)18-6-4-7-19(32)14-18)13-11-25-21(33)20(27-17(2)31)8-5-10-26-22(24)28-30(34)35/h4,6-7,14,16,20,32H,5,8-13,15H2,1-3H3,(H,25,33)(H,27,31)(H3,24,26,28). The smallest absolute Gasteiger partial charge is 0.251 e. The second-order valence-corrected chi connectivity index (χ2v) is 9.24. The lowest BCUT2D eigenvalue weighted by Crippen LogP contribution is -2.51. The van der Waals surface area contributed by atoms with Crippen LogP contribution in [0.15, 0.2) is 29.3 Å². The number of carbonyl (C=O) groups is 2. The fourth-order valence-electron chi connectivity index (χ4n) is 4.41. The number of carbonyl (C=O) groups excluding carboxylic acids is 2. The SMILES string of the molecule is CC(=O)NC(CCCN=C(N)N[N+](=O)[O-])C(=O)NCCN1CCC(C)(c2cccc(O)c2)C(C)C1. The summed E-state index contributed by atoms with van der Waals surface area (Å²) < 4.78 is 0. The Morgan fingerprint density at radius 3 is 2.80 bits per heavy atom. The molecular formula is C23H37N7O5. The van der Waals surface area contributed by atoms with Crippen molar-refractivity contribution in [3.8, 4) is 5.75 Å².